The maximum Gasteiger partial charge on any atom is 0.240 e. The van der Waals surface area contributed by atoms with Gasteiger partial charge in [-0.3, -0.25) is 9.10 Å². The van der Waals surface area contributed by atoms with Gasteiger partial charge in [-0.2, -0.15) is 11.8 Å². The fourth-order valence-electron chi connectivity index (χ4n) is 3.15. The summed E-state index contributed by atoms with van der Waals surface area (Å²) < 4.78 is 32.0. The Hall–Kier alpha value is -2.68. The van der Waals surface area contributed by atoms with Crippen molar-refractivity contribution in [1.82, 2.24) is 5.32 Å². The molecule has 0 spiro atoms. The standard InChI is InChI=1S/C25H27ClN2O4S2/c1-34(30,31)28(23-13-5-6-14-24(23)32-22-11-3-2-4-12-22)18-25(29)27-15-8-16-33-19-20-9-7-10-21(26)17-20/h2-7,9-14,17H,8,15-16,18-19H2,1H3,(H,27,29). The van der Waals surface area contributed by atoms with E-state index >= 15 is 0 Å². The van der Waals surface area contributed by atoms with Crippen molar-refractivity contribution in [2.24, 2.45) is 0 Å². The molecule has 0 unspecified atom stereocenters. The van der Waals surface area contributed by atoms with Gasteiger partial charge < -0.3 is 10.1 Å². The lowest BCUT2D eigenvalue weighted by molar-refractivity contribution is -0.119. The van der Waals surface area contributed by atoms with Crippen LogP contribution >= 0.6 is 23.4 Å². The molecule has 3 aromatic carbocycles. The van der Waals surface area contributed by atoms with Gasteiger partial charge in [0.1, 0.15) is 12.3 Å². The van der Waals surface area contributed by atoms with Gasteiger partial charge in [-0.1, -0.05) is 54.1 Å². The van der Waals surface area contributed by atoms with Crippen LogP contribution in [-0.4, -0.2) is 39.4 Å². The minimum Gasteiger partial charge on any atom is -0.455 e. The maximum atomic E-state index is 12.6. The van der Waals surface area contributed by atoms with E-state index in [2.05, 4.69) is 5.32 Å². The molecule has 0 saturated carbocycles. The molecule has 1 amide bonds. The van der Waals surface area contributed by atoms with Crippen LogP contribution in [0.4, 0.5) is 5.69 Å². The van der Waals surface area contributed by atoms with Gasteiger partial charge in [-0.15, -0.1) is 0 Å². The summed E-state index contributed by atoms with van der Waals surface area (Å²) in [5, 5.41) is 3.53. The Morgan fingerprint density at radius 1 is 1.03 bits per heavy atom. The number of nitrogens with zero attached hydrogens (tertiary/aromatic N) is 1. The molecule has 0 aliphatic carbocycles. The van der Waals surface area contributed by atoms with Crippen LogP contribution in [0.2, 0.25) is 5.02 Å². The van der Waals surface area contributed by atoms with E-state index in [9.17, 15) is 13.2 Å². The molecule has 0 heterocycles. The molecule has 34 heavy (non-hydrogen) atoms. The second kappa shape index (κ2) is 12.7. The van der Waals surface area contributed by atoms with Crippen molar-refractivity contribution in [3.63, 3.8) is 0 Å². The number of carbonyl (C=O) groups is 1. The molecular formula is C25H27ClN2O4S2. The predicted molar refractivity (Wildman–Crippen MR) is 140 cm³/mol. The SMILES string of the molecule is CS(=O)(=O)N(CC(=O)NCCCSCc1cccc(Cl)c1)c1ccccc1Oc1ccccc1. The fourth-order valence-corrected chi connectivity index (χ4v) is 5.13. The number of halogens is 1. The van der Waals surface area contributed by atoms with Crippen LogP contribution in [0.15, 0.2) is 78.9 Å². The lowest BCUT2D eigenvalue weighted by Gasteiger charge is -2.24. The summed E-state index contributed by atoms with van der Waals surface area (Å²) in [7, 11) is -3.72. The largest absolute Gasteiger partial charge is 0.455 e. The highest BCUT2D eigenvalue weighted by molar-refractivity contribution is 7.98. The van der Waals surface area contributed by atoms with E-state index in [1.165, 1.54) is 0 Å². The van der Waals surface area contributed by atoms with Crippen LogP contribution in [0.5, 0.6) is 11.5 Å². The molecule has 180 valence electrons. The monoisotopic (exact) mass is 518 g/mol. The van der Waals surface area contributed by atoms with Crippen LogP contribution in [0.3, 0.4) is 0 Å². The average Bonchev–Trinajstić information content (AvgIpc) is 2.80. The normalized spacial score (nSPS) is 11.1. The molecule has 0 radical (unpaired) electrons. The molecule has 0 bridgehead atoms. The third-order valence-corrected chi connectivity index (χ3v) is 7.21. The van der Waals surface area contributed by atoms with Crippen LogP contribution in [-0.2, 0) is 20.6 Å². The highest BCUT2D eigenvalue weighted by Gasteiger charge is 2.24. The van der Waals surface area contributed by atoms with Crippen LogP contribution in [0, 0.1) is 0 Å². The van der Waals surface area contributed by atoms with E-state index < -0.39 is 10.0 Å². The first-order chi connectivity index (χ1) is 16.3. The minimum atomic E-state index is -3.72. The Balaban J connectivity index is 1.54. The van der Waals surface area contributed by atoms with E-state index in [-0.39, 0.29) is 12.5 Å². The highest BCUT2D eigenvalue weighted by atomic mass is 35.5. The van der Waals surface area contributed by atoms with E-state index in [4.69, 9.17) is 16.3 Å². The van der Waals surface area contributed by atoms with Crippen molar-refractivity contribution >= 4 is 45.0 Å². The maximum absolute atomic E-state index is 12.6. The number of hydrogen-bond acceptors (Lipinski definition) is 5. The van der Waals surface area contributed by atoms with Crippen molar-refractivity contribution < 1.29 is 17.9 Å². The number of ether oxygens (including phenoxy) is 1. The zero-order valence-electron chi connectivity index (χ0n) is 18.8. The number of carbonyl (C=O) groups excluding carboxylic acids is 1. The van der Waals surface area contributed by atoms with E-state index in [1.807, 2.05) is 42.5 Å². The number of para-hydroxylation sites is 3. The van der Waals surface area contributed by atoms with Gasteiger partial charge in [-0.05, 0) is 54.1 Å². The third-order valence-electron chi connectivity index (χ3n) is 4.74. The molecule has 1 N–H and O–H groups in total. The summed E-state index contributed by atoms with van der Waals surface area (Å²) in [4.78, 5) is 12.6. The number of amides is 1. The summed E-state index contributed by atoms with van der Waals surface area (Å²) in [5.74, 6) is 2.25. The first-order valence-electron chi connectivity index (χ1n) is 10.7. The van der Waals surface area contributed by atoms with E-state index in [1.54, 1.807) is 48.2 Å². The van der Waals surface area contributed by atoms with Crippen molar-refractivity contribution in [3.8, 4) is 11.5 Å². The Labute approximate surface area is 210 Å². The second-order valence-corrected chi connectivity index (χ2v) is 11.0. The van der Waals surface area contributed by atoms with E-state index in [0.717, 1.165) is 39.1 Å². The molecule has 6 nitrogen and oxygen atoms in total. The highest BCUT2D eigenvalue weighted by Crippen LogP contribution is 2.33. The van der Waals surface area contributed by atoms with Gasteiger partial charge >= 0.3 is 0 Å². The first-order valence-corrected chi connectivity index (χ1v) is 14.1. The predicted octanol–water partition coefficient (Wildman–Crippen LogP) is 5.34. The fraction of sp³-hybridized carbons (Fsp3) is 0.240. The number of hydrogen-bond donors (Lipinski definition) is 1. The van der Waals surface area contributed by atoms with Crippen molar-refractivity contribution in [1.29, 1.82) is 0 Å². The molecule has 0 aromatic heterocycles. The van der Waals surface area contributed by atoms with Crippen molar-refractivity contribution in [3.05, 3.63) is 89.4 Å². The zero-order chi connectivity index (χ0) is 24.4. The number of rotatable bonds is 12. The van der Waals surface area contributed by atoms with Gasteiger partial charge in [0.15, 0.2) is 5.75 Å². The Morgan fingerprint density at radius 3 is 2.50 bits per heavy atom. The number of anilines is 1. The molecule has 0 atom stereocenters. The second-order valence-electron chi connectivity index (χ2n) is 7.54. The molecule has 0 fully saturated rings. The van der Waals surface area contributed by atoms with Crippen molar-refractivity contribution in [2.45, 2.75) is 12.2 Å². The van der Waals surface area contributed by atoms with E-state index in [0.29, 0.717) is 23.7 Å². The molecule has 0 aliphatic rings. The van der Waals surface area contributed by atoms with Gasteiger partial charge in [0.25, 0.3) is 0 Å². The molecule has 3 rings (SSSR count). The average molecular weight is 519 g/mol. The smallest absolute Gasteiger partial charge is 0.240 e. The third kappa shape index (κ3) is 8.27. The zero-order valence-corrected chi connectivity index (χ0v) is 21.2. The Kier molecular flexibility index (Phi) is 9.68. The molecule has 9 heteroatoms. The summed E-state index contributed by atoms with van der Waals surface area (Å²) in [6.07, 6.45) is 1.84. The summed E-state index contributed by atoms with van der Waals surface area (Å²) in [6, 6.07) is 23.6. The first kappa shape index (κ1) is 25.9. The lowest BCUT2D eigenvalue weighted by atomic mass is 10.2. The van der Waals surface area contributed by atoms with Crippen LogP contribution in [0.25, 0.3) is 0 Å². The number of thioether (sulfide) groups is 1. The molecule has 0 aliphatic heterocycles. The van der Waals surface area contributed by atoms with Crippen LogP contribution in [0.1, 0.15) is 12.0 Å². The Morgan fingerprint density at radius 2 is 1.76 bits per heavy atom. The molecular weight excluding hydrogens is 492 g/mol. The van der Waals surface area contributed by atoms with Gasteiger partial charge in [0.2, 0.25) is 15.9 Å². The number of sulfonamides is 1. The van der Waals surface area contributed by atoms with Crippen molar-refractivity contribution in [2.75, 3.05) is 29.4 Å². The van der Waals surface area contributed by atoms with Gasteiger partial charge in [-0.25, -0.2) is 8.42 Å². The quantitative estimate of drug-likeness (QED) is 0.328. The number of nitrogens with one attached hydrogen (secondary N) is 1. The number of benzene rings is 3. The Bertz CT molecular complexity index is 1190. The van der Waals surface area contributed by atoms with Gasteiger partial charge in [0, 0.05) is 17.3 Å². The molecule has 3 aromatic rings. The lowest BCUT2D eigenvalue weighted by Crippen LogP contribution is -2.40. The summed E-state index contributed by atoms with van der Waals surface area (Å²) in [6.45, 7) is 0.130. The topological polar surface area (TPSA) is 75.7 Å². The summed E-state index contributed by atoms with van der Waals surface area (Å²) in [5.41, 5.74) is 1.46. The minimum absolute atomic E-state index is 0.307. The molecule has 0 saturated heterocycles. The summed E-state index contributed by atoms with van der Waals surface area (Å²) >= 11 is 7.75. The van der Waals surface area contributed by atoms with Crippen LogP contribution < -0.4 is 14.4 Å². The van der Waals surface area contributed by atoms with Gasteiger partial charge in [0.05, 0.1) is 11.9 Å².